The van der Waals surface area contributed by atoms with Crippen LogP contribution in [0.25, 0.3) is 0 Å². The van der Waals surface area contributed by atoms with Gasteiger partial charge in [0.25, 0.3) is 0 Å². The minimum atomic E-state index is 0.866. The summed E-state index contributed by atoms with van der Waals surface area (Å²) >= 11 is 0. The van der Waals surface area contributed by atoms with Crippen molar-refractivity contribution in [3.8, 4) is 0 Å². The molecule has 1 nitrogen and oxygen atoms in total. The van der Waals surface area contributed by atoms with Gasteiger partial charge in [-0.25, -0.2) is 0 Å². The quantitative estimate of drug-likeness (QED) is 0.0975. The lowest BCUT2D eigenvalue weighted by Crippen LogP contribution is -2.43. The van der Waals surface area contributed by atoms with Crippen LogP contribution in [-0.2, 0) is 0 Å². The molecule has 1 aliphatic rings. The molecule has 0 bridgehead atoms. The molecule has 0 radical (unpaired) electrons. The highest BCUT2D eigenvalue weighted by Crippen LogP contribution is 2.37. The van der Waals surface area contributed by atoms with E-state index < -0.39 is 0 Å². The Morgan fingerprint density at radius 1 is 0.486 bits per heavy atom. The van der Waals surface area contributed by atoms with Gasteiger partial charge in [0, 0.05) is 18.6 Å². The van der Waals surface area contributed by atoms with Crippen LogP contribution in [0.2, 0.25) is 0 Å². The number of likely N-dealkylation sites (tertiary alicyclic amines) is 1. The van der Waals surface area contributed by atoms with Gasteiger partial charge in [0.15, 0.2) is 0 Å². The topological polar surface area (TPSA) is 3.24 Å². The van der Waals surface area contributed by atoms with Crippen molar-refractivity contribution in [3.63, 3.8) is 0 Å². The van der Waals surface area contributed by atoms with Crippen LogP contribution in [0.1, 0.15) is 202 Å². The van der Waals surface area contributed by atoms with E-state index in [0.29, 0.717) is 0 Å². The molecular weight excluding hydrogens is 446 g/mol. The summed E-state index contributed by atoms with van der Waals surface area (Å²) < 4.78 is 0. The van der Waals surface area contributed by atoms with Gasteiger partial charge in [-0.2, -0.15) is 0 Å². The fourth-order valence-corrected chi connectivity index (χ4v) is 7.17. The molecule has 1 heteroatoms. The summed E-state index contributed by atoms with van der Waals surface area (Å²) in [4.78, 5) is 3.12. The van der Waals surface area contributed by atoms with Gasteiger partial charge in [-0.15, -0.1) is 0 Å². The minimum Gasteiger partial charge on any atom is -0.297 e. The average molecular weight is 520 g/mol. The van der Waals surface area contributed by atoms with Gasteiger partial charge in [0.2, 0.25) is 0 Å². The SMILES string of the molecule is CCCCCCCCC(CCCCCCC)[C@@H]1CC(C)CN1C(CCCCCCC)CCCCCCC. The molecule has 1 fully saturated rings. The van der Waals surface area contributed by atoms with Crippen molar-refractivity contribution in [2.45, 2.75) is 214 Å². The number of unbranched alkanes of at least 4 members (excludes halogenated alkanes) is 17. The first-order valence-electron chi connectivity index (χ1n) is 17.9. The van der Waals surface area contributed by atoms with Crippen molar-refractivity contribution in [2.75, 3.05) is 6.54 Å². The summed E-state index contributed by atoms with van der Waals surface area (Å²) in [7, 11) is 0. The zero-order valence-electron chi connectivity index (χ0n) is 26.8. The highest BCUT2D eigenvalue weighted by molar-refractivity contribution is 4.92. The standard InChI is InChI=1S/C36H73N/c1-6-10-14-18-22-24-28-34(27-23-19-15-11-7-2)36-31-33(5)32-37(36)35(29-25-20-16-12-8-3)30-26-21-17-13-9-4/h33-36H,6-32H2,1-5H3/t33?,34?,36-/m0/s1. The molecule has 0 N–H and O–H groups in total. The van der Waals surface area contributed by atoms with Gasteiger partial charge in [-0.05, 0) is 43.9 Å². The Morgan fingerprint density at radius 2 is 0.838 bits per heavy atom. The van der Waals surface area contributed by atoms with Gasteiger partial charge < -0.3 is 0 Å². The van der Waals surface area contributed by atoms with Crippen LogP contribution in [0, 0.1) is 11.8 Å². The van der Waals surface area contributed by atoms with Crippen LogP contribution in [0.5, 0.6) is 0 Å². The highest BCUT2D eigenvalue weighted by atomic mass is 15.2. The van der Waals surface area contributed by atoms with E-state index in [-0.39, 0.29) is 0 Å². The summed E-state index contributed by atoms with van der Waals surface area (Å²) in [6.45, 7) is 13.3. The smallest absolute Gasteiger partial charge is 0.0130 e. The molecule has 1 rings (SSSR count). The van der Waals surface area contributed by atoms with Crippen LogP contribution in [0.3, 0.4) is 0 Å². The first kappa shape index (κ1) is 35.0. The molecule has 0 aromatic rings. The molecule has 0 aromatic heterocycles. The van der Waals surface area contributed by atoms with Crippen LogP contribution in [0.15, 0.2) is 0 Å². The second kappa shape index (κ2) is 25.0. The summed E-state index contributed by atoms with van der Waals surface area (Å²) in [6.07, 6.45) is 37.8. The van der Waals surface area contributed by atoms with E-state index in [9.17, 15) is 0 Å². The maximum absolute atomic E-state index is 3.12. The van der Waals surface area contributed by atoms with Gasteiger partial charge in [-0.1, -0.05) is 169 Å². The van der Waals surface area contributed by atoms with E-state index in [1.54, 1.807) is 0 Å². The maximum atomic E-state index is 3.12. The van der Waals surface area contributed by atoms with Crippen LogP contribution in [-0.4, -0.2) is 23.5 Å². The van der Waals surface area contributed by atoms with Crippen LogP contribution < -0.4 is 0 Å². The van der Waals surface area contributed by atoms with Crippen molar-refractivity contribution in [3.05, 3.63) is 0 Å². The van der Waals surface area contributed by atoms with E-state index in [1.165, 1.54) is 173 Å². The zero-order valence-corrected chi connectivity index (χ0v) is 26.8. The van der Waals surface area contributed by atoms with E-state index in [1.807, 2.05) is 0 Å². The van der Waals surface area contributed by atoms with Crippen LogP contribution >= 0.6 is 0 Å². The Balaban J connectivity index is 2.79. The predicted octanol–water partition coefficient (Wildman–Crippen LogP) is 12.5. The summed E-state index contributed by atoms with van der Waals surface area (Å²) in [5.74, 6) is 1.86. The van der Waals surface area contributed by atoms with Crippen molar-refractivity contribution < 1.29 is 0 Å². The van der Waals surface area contributed by atoms with Crippen molar-refractivity contribution in [1.82, 2.24) is 4.90 Å². The minimum absolute atomic E-state index is 0.866. The van der Waals surface area contributed by atoms with Gasteiger partial charge >= 0.3 is 0 Å². The Hall–Kier alpha value is -0.0400. The fourth-order valence-electron chi connectivity index (χ4n) is 7.17. The Labute approximate surface area is 236 Å². The lowest BCUT2D eigenvalue weighted by molar-refractivity contribution is 0.105. The first-order chi connectivity index (χ1) is 18.2. The van der Waals surface area contributed by atoms with Gasteiger partial charge in [0.05, 0.1) is 0 Å². The normalized spacial score (nSPS) is 19.3. The highest BCUT2D eigenvalue weighted by Gasteiger charge is 2.38. The fraction of sp³-hybridized carbons (Fsp3) is 1.00. The van der Waals surface area contributed by atoms with E-state index in [2.05, 4.69) is 39.5 Å². The largest absolute Gasteiger partial charge is 0.297 e. The van der Waals surface area contributed by atoms with Crippen LogP contribution in [0.4, 0.5) is 0 Å². The second-order valence-electron chi connectivity index (χ2n) is 13.2. The monoisotopic (exact) mass is 520 g/mol. The summed E-state index contributed by atoms with van der Waals surface area (Å²) in [5, 5.41) is 0. The molecule has 222 valence electrons. The lowest BCUT2D eigenvalue weighted by atomic mass is 9.85. The van der Waals surface area contributed by atoms with Gasteiger partial charge in [0.1, 0.15) is 0 Å². The third kappa shape index (κ3) is 17.3. The average Bonchev–Trinajstić information content (AvgIpc) is 3.29. The molecule has 0 spiro atoms. The number of hydrogen-bond acceptors (Lipinski definition) is 1. The molecule has 0 saturated carbocycles. The summed E-state index contributed by atoms with van der Waals surface area (Å²) in [5.41, 5.74) is 0. The Morgan fingerprint density at radius 3 is 1.24 bits per heavy atom. The molecule has 0 amide bonds. The molecule has 0 aliphatic carbocycles. The molecule has 2 unspecified atom stereocenters. The van der Waals surface area contributed by atoms with Crippen molar-refractivity contribution >= 4 is 0 Å². The molecule has 1 saturated heterocycles. The molecule has 37 heavy (non-hydrogen) atoms. The zero-order chi connectivity index (χ0) is 27.0. The third-order valence-electron chi connectivity index (χ3n) is 9.49. The first-order valence-corrected chi connectivity index (χ1v) is 17.9. The molecule has 3 atom stereocenters. The molecule has 1 heterocycles. The molecule has 1 aliphatic heterocycles. The van der Waals surface area contributed by atoms with E-state index in [4.69, 9.17) is 0 Å². The Kier molecular flexibility index (Phi) is 23.6. The number of rotatable bonds is 27. The third-order valence-corrected chi connectivity index (χ3v) is 9.49. The van der Waals surface area contributed by atoms with Gasteiger partial charge in [-0.3, -0.25) is 4.90 Å². The van der Waals surface area contributed by atoms with E-state index in [0.717, 1.165) is 23.9 Å². The van der Waals surface area contributed by atoms with Crippen molar-refractivity contribution in [2.24, 2.45) is 11.8 Å². The Bertz CT molecular complexity index is 446. The maximum Gasteiger partial charge on any atom is 0.0130 e. The number of nitrogens with zero attached hydrogens (tertiary/aromatic N) is 1. The number of hydrogen-bond donors (Lipinski definition) is 0. The van der Waals surface area contributed by atoms with E-state index >= 15 is 0 Å². The molecular formula is C36H73N. The molecule has 0 aromatic carbocycles. The summed E-state index contributed by atoms with van der Waals surface area (Å²) in [6, 6.07) is 1.75. The van der Waals surface area contributed by atoms with Crippen molar-refractivity contribution in [1.29, 1.82) is 0 Å². The predicted molar refractivity (Wildman–Crippen MR) is 170 cm³/mol. The lowest BCUT2D eigenvalue weighted by Gasteiger charge is -2.38. The second-order valence-corrected chi connectivity index (χ2v) is 13.2.